The minimum absolute atomic E-state index is 0.0473. The zero-order valence-electron chi connectivity index (χ0n) is 28.8. The molecule has 7 atom stereocenters. The van der Waals surface area contributed by atoms with E-state index in [9.17, 15) is 4.57 Å². The summed E-state index contributed by atoms with van der Waals surface area (Å²) in [6.07, 6.45) is -4.77. The fourth-order valence-corrected chi connectivity index (χ4v) is 7.56. The Bertz CT molecular complexity index is 1820. The highest BCUT2D eigenvalue weighted by molar-refractivity contribution is 7.48. The van der Waals surface area contributed by atoms with Gasteiger partial charge in [-0.05, 0) is 27.8 Å². The average molecular weight is 723 g/mol. The average Bonchev–Trinajstić information content (AvgIpc) is 3.60. The van der Waals surface area contributed by atoms with Crippen molar-refractivity contribution in [3.63, 3.8) is 0 Å². The molecule has 2 fully saturated rings. The number of hydrogen-bond acceptors (Lipinski definition) is 9. The largest absolute Gasteiger partial charge is 0.475 e. The van der Waals surface area contributed by atoms with Crippen LogP contribution in [0.1, 0.15) is 27.8 Å². The molecule has 7 rings (SSSR count). The second-order valence-corrected chi connectivity index (χ2v) is 14.3. The number of phosphoric acid groups is 1. The van der Waals surface area contributed by atoms with Crippen molar-refractivity contribution in [1.82, 2.24) is 0 Å². The molecule has 10 heteroatoms. The van der Waals surface area contributed by atoms with Crippen LogP contribution in [0.2, 0.25) is 0 Å². The van der Waals surface area contributed by atoms with Gasteiger partial charge in [0.25, 0.3) is 0 Å². The van der Waals surface area contributed by atoms with Gasteiger partial charge in [0.05, 0.1) is 39.6 Å². The zero-order chi connectivity index (χ0) is 35.4. The summed E-state index contributed by atoms with van der Waals surface area (Å²) in [7, 11) is -3.94. The van der Waals surface area contributed by atoms with Gasteiger partial charge in [-0.15, -0.1) is 0 Å². The van der Waals surface area contributed by atoms with Crippen LogP contribution in [0.5, 0.6) is 0 Å². The third kappa shape index (κ3) is 9.90. The van der Waals surface area contributed by atoms with Crippen molar-refractivity contribution in [1.29, 1.82) is 0 Å². The second-order valence-electron chi connectivity index (χ2n) is 12.7. The van der Waals surface area contributed by atoms with Gasteiger partial charge in [-0.25, -0.2) is 4.57 Å². The van der Waals surface area contributed by atoms with Gasteiger partial charge in [0.15, 0.2) is 6.29 Å². The van der Waals surface area contributed by atoms with Crippen LogP contribution >= 0.6 is 7.82 Å². The first kappa shape index (κ1) is 36.4. The van der Waals surface area contributed by atoms with E-state index in [1.54, 1.807) is 0 Å². The van der Waals surface area contributed by atoms with Gasteiger partial charge in [-0.2, -0.15) is 0 Å². The smallest absolute Gasteiger partial charge is 0.368 e. The molecular weight excluding hydrogens is 679 g/mol. The van der Waals surface area contributed by atoms with Crippen molar-refractivity contribution >= 4 is 7.82 Å². The molecule has 2 saturated heterocycles. The van der Waals surface area contributed by atoms with E-state index in [0.717, 1.165) is 27.8 Å². The highest BCUT2D eigenvalue weighted by Crippen LogP contribution is 2.57. The standard InChI is InChI=1S/C42H43O9P/c43-52(48-30-36-24-14-5-15-25-36)49-31-37(51-52)38-39(44-26-32-16-6-1-7-17-32)40(45-27-33-18-8-2-9-19-33)41(46-28-34-20-10-3-11-21-34)42(50-38)47-29-35-22-12-4-13-23-35/h1-25,37-42H,26-31H2/t37-,38+,39+,40-,41+,42?,52?/m0/s1. The van der Waals surface area contributed by atoms with E-state index in [1.807, 2.05) is 152 Å². The first-order valence-electron chi connectivity index (χ1n) is 17.5. The fraction of sp³-hybridized carbons (Fsp3) is 0.286. The molecule has 52 heavy (non-hydrogen) atoms. The molecule has 0 aliphatic carbocycles. The lowest BCUT2D eigenvalue weighted by Crippen LogP contribution is -2.63. The van der Waals surface area contributed by atoms with Gasteiger partial charge >= 0.3 is 7.82 Å². The molecule has 0 aromatic heterocycles. The van der Waals surface area contributed by atoms with Gasteiger partial charge < -0.3 is 23.7 Å². The van der Waals surface area contributed by atoms with Crippen LogP contribution in [0.4, 0.5) is 0 Å². The summed E-state index contributed by atoms with van der Waals surface area (Å²) in [6.45, 7) is 1.09. The summed E-state index contributed by atoms with van der Waals surface area (Å²) >= 11 is 0. The first-order valence-corrected chi connectivity index (χ1v) is 19.0. The molecule has 0 bridgehead atoms. The minimum Gasteiger partial charge on any atom is -0.368 e. The molecule has 5 aromatic rings. The van der Waals surface area contributed by atoms with E-state index in [-0.39, 0.29) is 39.6 Å². The molecule has 9 nitrogen and oxygen atoms in total. The third-order valence-electron chi connectivity index (χ3n) is 8.90. The Kier molecular flexibility index (Phi) is 12.7. The Morgan fingerprint density at radius 3 is 1.33 bits per heavy atom. The van der Waals surface area contributed by atoms with Crippen LogP contribution in [0, 0.1) is 0 Å². The molecule has 2 aliphatic rings. The Morgan fingerprint density at radius 2 is 0.865 bits per heavy atom. The molecule has 0 radical (unpaired) electrons. The molecule has 0 amide bonds. The second kappa shape index (κ2) is 18.2. The third-order valence-corrected chi connectivity index (χ3v) is 10.3. The minimum atomic E-state index is -3.94. The maximum Gasteiger partial charge on any atom is 0.475 e. The van der Waals surface area contributed by atoms with Crippen molar-refractivity contribution < 1.29 is 41.8 Å². The predicted octanol–water partition coefficient (Wildman–Crippen LogP) is 8.42. The van der Waals surface area contributed by atoms with Crippen LogP contribution in [-0.2, 0) is 74.9 Å². The summed E-state index contributed by atoms with van der Waals surface area (Å²) in [5, 5.41) is 0. The predicted molar refractivity (Wildman–Crippen MR) is 195 cm³/mol. The quantitative estimate of drug-likeness (QED) is 0.0932. The number of benzene rings is 5. The topological polar surface area (TPSA) is 90.9 Å². The van der Waals surface area contributed by atoms with Crippen molar-refractivity contribution in [3.05, 3.63) is 179 Å². The normalized spacial score (nSPS) is 25.9. The molecule has 5 aromatic carbocycles. The van der Waals surface area contributed by atoms with Crippen molar-refractivity contribution in [2.24, 2.45) is 0 Å². The molecule has 2 unspecified atom stereocenters. The lowest BCUT2D eigenvalue weighted by Gasteiger charge is -2.47. The van der Waals surface area contributed by atoms with Crippen LogP contribution in [0.15, 0.2) is 152 Å². The van der Waals surface area contributed by atoms with Crippen molar-refractivity contribution in [3.8, 4) is 0 Å². The number of rotatable bonds is 16. The summed E-state index contributed by atoms with van der Waals surface area (Å²) in [6, 6.07) is 49.0. The van der Waals surface area contributed by atoms with Crippen LogP contribution in [-0.4, -0.2) is 43.4 Å². The highest BCUT2D eigenvalue weighted by atomic mass is 31.2. The Balaban J connectivity index is 1.20. The Morgan fingerprint density at radius 1 is 0.481 bits per heavy atom. The van der Waals surface area contributed by atoms with E-state index in [2.05, 4.69) is 0 Å². The van der Waals surface area contributed by atoms with Crippen LogP contribution in [0.3, 0.4) is 0 Å². The lowest BCUT2D eigenvalue weighted by molar-refractivity contribution is -0.334. The van der Waals surface area contributed by atoms with E-state index in [0.29, 0.717) is 0 Å². The summed E-state index contributed by atoms with van der Waals surface area (Å²) in [5.74, 6) is 0. The van der Waals surface area contributed by atoms with Gasteiger partial charge in [0.2, 0.25) is 0 Å². The Labute approximate surface area is 304 Å². The van der Waals surface area contributed by atoms with E-state index < -0.39 is 44.6 Å². The molecule has 0 saturated carbocycles. The monoisotopic (exact) mass is 722 g/mol. The molecule has 2 aliphatic heterocycles. The van der Waals surface area contributed by atoms with Crippen molar-refractivity contribution in [2.45, 2.75) is 69.8 Å². The molecular formula is C42H43O9P. The summed E-state index contributed by atoms with van der Waals surface area (Å²) < 4.78 is 65.0. The van der Waals surface area contributed by atoms with E-state index in [1.165, 1.54) is 0 Å². The van der Waals surface area contributed by atoms with Crippen LogP contribution < -0.4 is 0 Å². The maximum atomic E-state index is 13.8. The lowest BCUT2D eigenvalue weighted by atomic mass is 9.94. The summed E-state index contributed by atoms with van der Waals surface area (Å²) in [4.78, 5) is 0. The Hall–Kier alpha value is -3.99. The van der Waals surface area contributed by atoms with Gasteiger partial charge in [0, 0.05) is 0 Å². The van der Waals surface area contributed by atoms with E-state index in [4.69, 9.17) is 37.3 Å². The van der Waals surface area contributed by atoms with E-state index >= 15 is 0 Å². The molecule has 2 heterocycles. The van der Waals surface area contributed by atoms with Crippen LogP contribution in [0.25, 0.3) is 0 Å². The molecule has 0 spiro atoms. The zero-order valence-corrected chi connectivity index (χ0v) is 29.7. The SMILES string of the molecule is O=P1(OCc2ccccc2)OC[C@@H]([C@H]2OC(OCc3ccccc3)[C@H](OCc3ccccc3)[C@@H](OCc3ccccc3)[C@@H]2OCc2ccccc2)O1. The summed E-state index contributed by atoms with van der Waals surface area (Å²) in [5.41, 5.74) is 4.74. The first-order chi connectivity index (χ1) is 25.6. The molecule has 270 valence electrons. The van der Waals surface area contributed by atoms with Gasteiger partial charge in [-0.1, -0.05) is 152 Å². The number of phosphoric ester groups is 1. The maximum absolute atomic E-state index is 13.8. The number of ether oxygens (including phenoxy) is 5. The molecule has 0 N–H and O–H groups in total. The number of hydrogen-bond donors (Lipinski definition) is 0. The van der Waals surface area contributed by atoms with Gasteiger partial charge in [-0.3, -0.25) is 13.6 Å². The van der Waals surface area contributed by atoms with Gasteiger partial charge in [0.1, 0.15) is 30.5 Å². The fourth-order valence-electron chi connectivity index (χ4n) is 6.22. The highest BCUT2D eigenvalue weighted by Gasteiger charge is 2.55. The van der Waals surface area contributed by atoms with Crippen molar-refractivity contribution in [2.75, 3.05) is 6.61 Å².